The number of likely N-dealkylation sites (N-methyl/N-ethyl adjacent to an activating group) is 1. The lowest BCUT2D eigenvalue weighted by Crippen LogP contribution is -2.44. The Hall–Kier alpha value is -0.850. The maximum Gasteiger partial charge on any atom is 0.191 e. The smallest absolute Gasteiger partial charge is 0.191 e. The van der Waals surface area contributed by atoms with E-state index < -0.39 is 0 Å². The maximum absolute atomic E-state index is 9.25. The number of rotatable bonds is 12. The molecule has 1 atom stereocenters. The van der Waals surface area contributed by atoms with Crippen molar-refractivity contribution in [3.8, 4) is 0 Å². The summed E-state index contributed by atoms with van der Waals surface area (Å²) in [5.41, 5.74) is 0. The van der Waals surface area contributed by atoms with Gasteiger partial charge in [0, 0.05) is 52.4 Å². The molecule has 3 N–H and O–H groups in total. The number of aliphatic hydroxyl groups excluding tert-OH is 1. The number of nitrogens with zero attached hydrogens (tertiary/aromatic N) is 3. The van der Waals surface area contributed by atoms with Crippen molar-refractivity contribution < 1.29 is 5.11 Å². The summed E-state index contributed by atoms with van der Waals surface area (Å²) in [7, 11) is 2.20. The van der Waals surface area contributed by atoms with E-state index in [1.165, 1.54) is 45.6 Å². The molecule has 6 nitrogen and oxygen atoms in total. The fourth-order valence-electron chi connectivity index (χ4n) is 3.43. The van der Waals surface area contributed by atoms with E-state index in [0.717, 1.165) is 38.4 Å². The Balaban J connectivity index is 2.25. The minimum absolute atomic E-state index is 0.253. The standard InChI is InChI=1S/C20H43N5O/c1-5-21-20(23-17-19(8-15-26)16-18(2)3)22-9-6-7-10-25-13-11-24(4)12-14-25/h18-19,26H,5-17H2,1-4H3,(H2,21,22,23). The first-order chi connectivity index (χ1) is 12.5. The van der Waals surface area contributed by atoms with Gasteiger partial charge in [0.15, 0.2) is 5.96 Å². The molecule has 1 aliphatic heterocycles. The highest BCUT2D eigenvalue weighted by atomic mass is 16.3. The molecule has 1 unspecified atom stereocenters. The molecule has 0 aromatic carbocycles. The molecule has 0 amide bonds. The third kappa shape index (κ3) is 11.0. The Bertz CT molecular complexity index is 367. The highest BCUT2D eigenvalue weighted by molar-refractivity contribution is 5.79. The van der Waals surface area contributed by atoms with Gasteiger partial charge in [0.2, 0.25) is 0 Å². The van der Waals surface area contributed by atoms with Gasteiger partial charge in [0.25, 0.3) is 0 Å². The van der Waals surface area contributed by atoms with E-state index in [9.17, 15) is 5.11 Å². The SMILES string of the molecule is CCNC(=NCC(CCO)CC(C)C)NCCCCN1CCN(C)CC1. The zero-order valence-electron chi connectivity index (χ0n) is 17.6. The van der Waals surface area contributed by atoms with Gasteiger partial charge in [-0.05, 0) is 58.0 Å². The van der Waals surface area contributed by atoms with E-state index in [4.69, 9.17) is 4.99 Å². The van der Waals surface area contributed by atoms with Crippen LogP contribution in [0, 0.1) is 11.8 Å². The van der Waals surface area contributed by atoms with Crippen molar-refractivity contribution in [2.75, 3.05) is 66.0 Å². The lowest BCUT2D eigenvalue weighted by molar-refractivity contribution is 0.152. The van der Waals surface area contributed by atoms with E-state index in [-0.39, 0.29) is 6.61 Å². The molecule has 0 spiro atoms. The van der Waals surface area contributed by atoms with Crippen LogP contribution in [0.15, 0.2) is 4.99 Å². The first-order valence-electron chi connectivity index (χ1n) is 10.6. The van der Waals surface area contributed by atoms with Crippen molar-refractivity contribution in [2.24, 2.45) is 16.8 Å². The van der Waals surface area contributed by atoms with E-state index in [0.29, 0.717) is 11.8 Å². The molecule has 1 saturated heterocycles. The van der Waals surface area contributed by atoms with Gasteiger partial charge in [0.1, 0.15) is 0 Å². The Kier molecular flexibility index (Phi) is 12.7. The van der Waals surface area contributed by atoms with Gasteiger partial charge in [-0.3, -0.25) is 4.99 Å². The molecule has 6 heteroatoms. The van der Waals surface area contributed by atoms with Gasteiger partial charge >= 0.3 is 0 Å². The summed E-state index contributed by atoms with van der Waals surface area (Å²) in [5.74, 6) is 2.03. The van der Waals surface area contributed by atoms with Crippen molar-refractivity contribution in [1.82, 2.24) is 20.4 Å². The minimum Gasteiger partial charge on any atom is -0.396 e. The zero-order chi connectivity index (χ0) is 19.2. The summed E-state index contributed by atoms with van der Waals surface area (Å²) in [4.78, 5) is 9.73. The number of nitrogens with one attached hydrogen (secondary N) is 2. The highest BCUT2D eigenvalue weighted by Crippen LogP contribution is 2.15. The topological polar surface area (TPSA) is 63.1 Å². The molecule has 0 aromatic rings. The van der Waals surface area contributed by atoms with Gasteiger partial charge in [-0.25, -0.2) is 0 Å². The van der Waals surface area contributed by atoms with Gasteiger partial charge in [-0.2, -0.15) is 0 Å². The Morgan fingerprint density at radius 1 is 1.12 bits per heavy atom. The van der Waals surface area contributed by atoms with Crippen molar-refractivity contribution in [1.29, 1.82) is 0 Å². The van der Waals surface area contributed by atoms with Crippen LogP contribution in [0.2, 0.25) is 0 Å². The second-order valence-corrected chi connectivity index (χ2v) is 8.01. The third-order valence-electron chi connectivity index (χ3n) is 4.98. The average molecular weight is 370 g/mol. The second-order valence-electron chi connectivity index (χ2n) is 8.01. The molecule has 1 rings (SSSR count). The number of hydrogen-bond donors (Lipinski definition) is 3. The highest BCUT2D eigenvalue weighted by Gasteiger charge is 2.13. The first kappa shape index (κ1) is 23.2. The first-order valence-corrected chi connectivity index (χ1v) is 10.6. The van der Waals surface area contributed by atoms with Crippen molar-refractivity contribution >= 4 is 5.96 Å². The van der Waals surface area contributed by atoms with Gasteiger partial charge in [-0.15, -0.1) is 0 Å². The summed E-state index contributed by atoms with van der Waals surface area (Å²) >= 11 is 0. The van der Waals surface area contributed by atoms with Crippen LogP contribution in [-0.2, 0) is 0 Å². The lowest BCUT2D eigenvalue weighted by Gasteiger charge is -2.32. The van der Waals surface area contributed by atoms with E-state index in [1.807, 2.05) is 0 Å². The summed E-state index contributed by atoms with van der Waals surface area (Å²) in [6.45, 7) is 15.5. The van der Waals surface area contributed by atoms with E-state index >= 15 is 0 Å². The van der Waals surface area contributed by atoms with Gasteiger partial charge in [-0.1, -0.05) is 13.8 Å². The van der Waals surface area contributed by atoms with Crippen molar-refractivity contribution in [3.05, 3.63) is 0 Å². The molecular formula is C20H43N5O. The molecular weight excluding hydrogens is 326 g/mol. The predicted molar refractivity (Wildman–Crippen MR) is 112 cm³/mol. The normalized spacial score (nSPS) is 18.3. The number of aliphatic imine (C=N–C) groups is 1. The van der Waals surface area contributed by atoms with Crippen LogP contribution in [0.3, 0.4) is 0 Å². The van der Waals surface area contributed by atoms with E-state index in [1.54, 1.807) is 0 Å². The fraction of sp³-hybridized carbons (Fsp3) is 0.950. The summed E-state index contributed by atoms with van der Waals surface area (Å²) < 4.78 is 0. The number of hydrogen-bond acceptors (Lipinski definition) is 4. The van der Waals surface area contributed by atoms with Crippen LogP contribution in [0.5, 0.6) is 0 Å². The number of guanidine groups is 1. The van der Waals surface area contributed by atoms with Crippen LogP contribution in [0.25, 0.3) is 0 Å². The third-order valence-corrected chi connectivity index (χ3v) is 4.98. The number of aliphatic hydroxyl groups is 1. The average Bonchev–Trinajstić information content (AvgIpc) is 2.60. The number of unbranched alkanes of at least 4 members (excludes halogenated alkanes) is 1. The molecule has 1 fully saturated rings. The molecule has 1 heterocycles. The van der Waals surface area contributed by atoms with Gasteiger partial charge in [0.05, 0.1) is 0 Å². The largest absolute Gasteiger partial charge is 0.396 e. The molecule has 0 bridgehead atoms. The molecule has 0 aliphatic carbocycles. The van der Waals surface area contributed by atoms with Crippen LogP contribution in [-0.4, -0.2) is 86.9 Å². The Morgan fingerprint density at radius 3 is 2.46 bits per heavy atom. The quantitative estimate of drug-likeness (QED) is 0.277. The maximum atomic E-state index is 9.25. The van der Waals surface area contributed by atoms with Crippen molar-refractivity contribution in [3.63, 3.8) is 0 Å². The second kappa shape index (κ2) is 14.2. The Labute approximate surface area is 161 Å². The minimum atomic E-state index is 0.253. The molecule has 1 aliphatic rings. The van der Waals surface area contributed by atoms with Crippen LogP contribution in [0.4, 0.5) is 0 Å². The Morgan fingerprint density at radius 2 is 1.85 bits per heavy atom. The summed E-state index contributed by atoms with van der Waals surface area (Å²) in [5, 5.41) is 16.1. The predicted octanol–water partition coefficient (Wildman–Crippen LogP) is 1.61. The van der Waals surface area contributed by atoms with Crippen LogP contribution in [0.1, 0.15) is 46.5 Å². The van der Waals surface area contributed by atoms with E-state index in [2.05, 4.69) is 48.3 Å². The molecule has 0 saturated carbocycles. The summed E-state index contributed by atoms with van der Waals surface area (Å²) in [6.07, 6.45) is 4.36. The molecule has 0 radical (unpaired) electrons. The van der Waals surface area contributed by atoms with Crippen LogP contribution < -0.4 is 10.6 Å². The monoisotopic (exact) mass is 369 g/mol. The van der Waals surface area contributed by atoms with Gasteiger partial charge < -0.3 is 25.5 Å². The molecule has 154 valence electrons. The van der Waals surface area contributed by atoms with Crippen molar-refractivity contribution in [2.45, 2.75) is 46.5 Å². The lowest BCUT2D eigenvalue weighted by atomic mass is 9.94. The summed E-state index contributed by atoms with van der Waals surface area (Å²) in [6, 6.07) is 0. The zero-order valence-corrected chi connectivity index (χ0v) is 17.6. The molecule has 26 heavy (non-hydrogen) atoms. The molecule has 0 aromatic heterocycles. The fourth-order valence-corrected chi connectivity index (χ4v) is 3.43. The number of piperazine rings is 1. The van der Waals surface area contributed by atoms with Crippen LogP contribution >= 0.6 is 0 Å².